The van der Waals surface area contributed by atoms with E-state index in [2.05, 4.69) is 26.5 Å². The molecule has 3 amide bonds. The summed E-state index contributed by atoms with van der Waals surface area (Å²) in [4.78, 5) is 34.8. The standard InChI is InChI=1S/C30H25F4N7O2S/c31-23-14-21(30(32,33)34)15-24-25(23)37-28(44-24)39-29(43)41(22-12-10-19(11-13-22)18-4-2-1-3-5-18)16-17-6-8-20(9-7-17)26(42)38-27(35)40-36/h4,6-15,36H,1-3,5,16H2,(H2,35,38,42)(H,37,39,43). The van der Waals surface area contributed by atoms with Crippen LogP contribution in [0.1, 0.15) is 52.7 Å². The normalized spacial score (nSPS) is 13.8. The van der Waals surface area contributed by atoms with Crippen molar-refractivity contribution in [2.45, 2.75) is 38.4 Å². The van der Waals surface area contributed by atoms with Crippen molar-refractivity contribution in [3.05, 3.63) is 94.8 Å². The first-order chi connectivity index (χ1) is 21.0. The highest BCUT2D eigenvalue weighted by Crippen LogP contribution is 2.36. The molecule has 0 bridgehead atoms. The van der Waals surface area contributed by atoms with Crippen molar-refractivity contribution in [2.24, 2.45) is 15.8 Å². The number of alkyl halides is 3. The average molecular weight is 624 g/mol. The third kappa shape index (κ3) is 6.97. The molecule has 0 atom stereocenters. The van der Waals surface area contributed by atoms with Crippen LogP contribution in [0.25, 0.3) is 15.8 Å². The lowest BCUT2D eigenvalue weighted by Crippen LogP contribution is -2.34. The highest BCUT2D eigenvalue weighted by atomic mass is 32.1. The van der Waals surface area contributed by atoms with Gasteiger partial charge < -0.3 is 5.73 Å². The van der Waals surface area contributed by atoms with Gasteiger partial charge in [-0.05, 0) is 78.8 Å². The maximum Gasteiger partial charge on any atom is 0.416 e. The van der Waals surface area contributed by atoms with Gasteiger partial charge >= 0.3 is 12.2 Å². The lowest BCUT2D eigenvalue weighted by atomic mass is 9.93. The maximum atomic E-state index is 14.5. The number of rotatable bonds is 6. The van der Waals surface area contributed by atoms with Gasteiger partial charge in [-0.2, -0.15) is 18.2 Å². The van der Waals surface area contributed by atoms with Crippen LogP contribution in [0.3, 0.4) is 0 Å². The van der Waals surface area contributed by atoms with E-state index in [1.54, 1.807) is 24.3 Å². The molecule has 1 aliphatic rings. The minimum atomic E-state index is -4.74. The third-order valence-corrected chi connectivity index (χ3v) is 7.87. The minimum Gasteiger partial charge on any atom is -0.366 e. The monoisotopic (exact) mass is 623 g/mol. The number of urea groups is 1. The van der Waals surface area contributed by atoms with Gasteiger partial charge in [0.05, 0.1) is 16.8 Å². The number of amides is 3. The topological polar surface area (TPSA) is 137 Å². The Kier molecular flexibility index (Phi) is 8.81. The number of aliphatic imine (C=N–C) groups is 1. The lowest BCUT2D eigenvalue weighted by Gasteiger charge is -2.23. The molecule has 0 aliphatic heterocycles. The maximum absolute atomic E-state index is 14.5. The van der Waals surface area contributed by atoms with E-state index in [0.29, 0.717) is 17.3 Å². The Morgan fingerprint density at radius 3 is 2.43 bits per heavy atom. The number of fused-ring (bicyclic) bond motifs is 1. The summed E-state index contributed by atoms with van der Waals surface area (Å²) in [6.07, 6.45) is 1.68. The van der Waals surface area contributed by atoms with Crippen molar-refractivity contribution in [3.63, 3.8) is 0 Å². The molecule has 0 saturated heterocycles. The summed E-state index contributed by atoms with van der Waals surface area (Å²) in [5.41, 5.74) is 14.3. The molecular formula is C30H25F4N7O2S. The highest BCUT2D eigenvalue weighted by Gasteiger charge is 2.32. The summed E-state index contributed by atoms with van der Waals surface area (Å²) in [7, 11) is 0. The Bertz CT molecular complexity index is 1780. The van der Waals surface area contributed by atoms with E-state index < -0.39 is 35.5 Å². The van der Waals surface area contributed by atoms with E-state index in [9.17, 15) is 27.2 Å². The van der Waals surface area contributed by atoms with Crippen molar-refractivity contribution >= 4 is 55.8 Å². The van der Waals surface area contributed by atoms with Gasteiger partial charge in [0.2, 0.25) is 5.96 Å². The molecule has 0 fully saturated rings. The summed E-state index contributed by atoms with van der Waals surface area (Å²) in [5.74, 6) is -2.32. The molecule has 226 valence electrons. The summed E-state index contributed by atoms with van der Waals surface area (Å²) < 4.78 is 54.0. The summed E-state index contributed by atoms with van der Waals surface area (Å²) in [5, 5.41) is 5.41. The molecule has 3 aromatic carbocycles. The quantitative estimate of drug-likeness (QED) is 0.0864. The molecule has 0 spiro atoms. The number of thiazole rings is 1. The Morgan fingerprint density at radius 1 is 1.07 bits per heavy atom. The SMILES string of the molecule is N=NC(N)=NC(=O)c1ccc(CN(C(=O)Nc2nc3c(F)cc(C(F)(F)F)cc3s2)c2ccc(C3=CCCCC3)cc2)cc1. The Morgan fingerprint density at radius 2 is 1.80 bits per heavy atom. The molecule has 1 heterocycles. The van der Waals surface area contributed by atoms with Gasteiger partial charge in [0.25, 0.3) is 5.91 Å². The van der Waals surface area contributed by atoms with Gasteiger partial charge in [-0.1, -0.05) is 41.7 Å². The first-order valence-corrected chi connectivity index (χ1v) is 14.2. The predicted molar refractivity (Wildman–Crippen MR) is 160 cm³/mol. The largest absolute Gasteiger partial charge is 0.416 e. The molecule has 0 unspecified atom stereocenters. The molecule has 1 aromatic heterocycles. The summed E-state index contributed by atoms with van der Waals surface area (Å²) >= 11 is 0.724. The van der Waals surface area contributed by atoms with Crippen LogP contribution in [0.2, 0.25) is 0 Å². The number of nitrogens with one attached hydrogen (secondary N) is 2. The van der Waals surface area contributed by atoms with Crippen molar-refractivity contribution in [1.29, 1.82) is 5.53 Å². The van der Waals surface area contributed by atoms with Crippen molar-refractivity contribution in [2.75, 3.05) is 10.2 Å². The van der Waals surface area contributed by atoms with E-state index >= 15 is 0 Å². The number of guanidine groups is 1. The number of anilines is 2. The first kappa shape index (κ1) is 30.5. The zero-order valence-corrected chi connectivity index (χ0v) is 23.8. The summed E-state index contributed by atoms with van der Waals surface area (Å²) in [6.45, 7) is 0.0350. The van der Waals surface area contributed by atoms with E-state index in [1.165, 1.54) is 22.6 Å². The molecule has 9 nitrogen and oxygen atoms in total. The van der Waals surface area contributed by atoms with E-state index in [4.69, 9.17) is 11.3 Å². The molecule has 1 aliphatic carbocycles. The fraction of sp³-hybridized carbons (Fsp3) is 0.200. The lowest BCUT2D eigenvalue weighted by molar-refractivity contribution is -0.137. The predicted octanol–water partition coefficient (Wildman–Crippen LogP) is 8.14. The van der Waals surface area contributed by atoms with Crippen LogP contribution in [0, 0.1) is 11.3 Å². The van der Waals surface area contributed by atoms with E-state index in [-0.39, 0.29) is 27.5 Å². The fourth-order valence-corrected chi connectivity index (χ4v) is 5.64. The van der Waals surface area contributed by atoms with Crippen molar-refractivity contribution in [1.82, 2.24) is 4.98 Å². The Labute approximate surface area is 252 Å². The molecule has 4 N–H and O–H groups in total. The van der Waals surface area contributed by atoms with Crippen molar-refractivity contribution < 1.29 is 27.2 Å². The van der Waals surface area contributed by atoms with Gasteiger partial charge in [0, 0.05) is 11.3 Å². The zero-order chi connectivity index (χ0) is 31.4. The first-order valence-electron chi connectivity index (χ1n) is 13.4. The number of hydrogen-bond donors (Lipinski definition) is 3. The van der Waals surface area contributed by atoms with E-state index in [0.717, 1.165) is 48.6 Å². The van der Waals surface area contributed by atoms with Gasteiger partial charge in [-0.25, -0.2) is 19.7 Å². The number of nitrogens with two attached hydrogens (primary N) is 1. The molecule has 4 aromatic rings. The van der Waals surface area contributed by atoms with Crippen LogP contribution in [0.5, 0.6) is 0 Å². The fourth-order valence-electron chi connectivity index (χ4n) is 4.73. The van der Waals surface area contributed by atoms with Gasteiger partial charge in [-0.15, -0.1) is 5.11 Å². The smallest absolute Gasteiger partial charge is 0.366 e. The van der Waals surface area contributed by atoms with Crippen LogP contribution in [0.15, 0.2) is 76.8 Å². The van der Waals surface area contributed by atoms with Crippen molar-refractivity contribution in [3.8, 4) is 0 Å². The number of hydrogen-bond acceptors (Lipinski definition) is 5. The zero-order valence-electron chi connectivity index (χ0n) is 23.0. The minimum absolute atomic E-state index is 0.0350. The van der Waals surface area contributed by atoms with Crippen LogP contribution >= 0.6 is 11.3 Å². The number of halogens is 4. The average Bonchev–Trinajstić information content (AvgIpc) is 3.43. The molecule has 44 heavy (non-hydrogen) atoms. The molecule has 14 heteroatoms. The second kappa shape index (κ2) is 12.7. The number of nitrogens with zero attached hydrogens (tertiary/aromatic N) is 4. The number of allylic oxidation sites excluding steroid dienone is 2. The molecule has 0 saturated carbocycles. The second-order valence-electron chi connectivity index (χ2n) is 9.94. The third-order valence-electron chi connectivity index (χ3n) is 6.95. The second-order valence-corrected chi connectivity index (χ2v) is 11.0. The van der Waals surface area contributed by atoms with Gasteiger partial charge in [0.15, 0.2) is 10.9 Å². The van der Waals surface area contributed by atoms with Crippen LogP contribution in [0.4, 0.5) is 33.2 Å². The number of carbonyl (C=O) groups is 2. The molecule has 0 radical (unpaired) electrons. The summed E-state index contributed by atoms with van der Waals surface area (Å²) in [6, 6.07) is 14.1. The van der Waals surface area contributed by atoms with Gasteiger partial charge in [0.1, 0.15) is 5.52 Å². The molecular weight excluding hydrogens is 598 g/mol. The number of aromatic nitrogens is 1. The Balaban J connectivity index is 1.43. The Hall–Kier alpha value is -4.98. The molecule has 5 rings (SSSR count). The number of carbonyl (C=O) groups excluding carboxylic acids is 2. The highest BCUT2D eigenvalue weighted by molar-refractivity contribution is 7.22. The van der Waals surface area contributed by atoms with Crippen LogP contribution in [-0.2, 0) is 12.7 Å². The van der Waals surface area contributed by atoms with Crippen LogP contribution < -0.4 is 16.0 Å². The van der Waals surface area contributed by atoms with Gasteiger partial charge in [-0.3, -0.25) is 15.0 Å². The number of benzene rings is 3. The van der Waals surface area contributed by atoms with Crippen LogP contribution in [-0.4, -0.2) is 22.9 Å². The van der Waals surface area contributed by atoms with E-state index in [1.807, 2.05) is 12.1 Å².